The molecule has 0 radical (unpaired) electrons. The Hall–Kier alpha value is -1.36. The Morgan fingerprint density at radius 2 is 2.25 bits per heavy atom. The molecule has 0 aromatic carbocycles. The molecule has 0 atom stereocenters. The highest BCUT2D eigenvalue weighted by Gasteiger charge is 2.24. The normalized spacial score (nSPS) is 11.6. The maximum absolute atomic E-state index is 12.0. The fourth-order valence-electron chi connectivity index (χ4n) is 1.47. The summed E-state index contributed by atoms with van der Waals surface area (Å²) in [5, 5.41) is 0. The quantitative estimate of drug-likeness (QED) is 0.831. The van der Waals surface area contributed by atoms with Crippen molar-refractivity contribution in [3.05, 3.63) is 17.8 Å². The molecule has 16 heavy (non-hydrogen) atoms. The first-order valence-corrected chi connectivity index (χ1v) is 5.23. The molecule has 0 aliphatic rings. The Balaban J connectivity index is 2.73. The van der Waals surface area contributed by atoms with Gasteiger partial charge in [0, 0.05) is 13.6 Å². The largest absolute Gasteiger partial charge is 0.448 e. The van der Waals surface area contributed by atoms with Gasteiger partial charge >= 0.3 is 0 Å². The van der Waals surface area contributed by atoms with Gasteiger partial charge < -0.3 is 15.1 Å². The van der Waals surface area contributed by atoms with E-state index in [2.05, 4.69) is 4.98 Å². The van der Waals surface area contributed by atoms with E-state index in [1.165, 1.54) is 6.39 Å². The standard InChI is InChI=1S/C11H19N3O2/c1-8-9(13-7-16-8)10(15)14(4)6-11(2,3)5-12/h7H,5-6,12H2,1-4H3. The van der Waals surface area contributed by atoms with Gasteiger partial charge in [0.05, 0.1) is 0 Å². The number of nitrogens with two attached hydrogens (primary N) is 1. The van der Waals surface area contributed by atoms with Gasteiger partial charge in [-0.3, -0.25) is 4.79 Å². The molecule has 0 saturated heterocycles. The van der Waals surface area contributed by atoms with E-state index in [1.54, 1.807) is 18.9 Å². The third kappa shape index (κ3) is 2.82. The summed E-state index contributed by atoms with van der Waals surface area (Å²) in [4.78, 5) is 17.5. The van der Waals surface area contributed by atoms with Crippen molar-refractivity contribution < 1.29 is 9.21 Å². The smallest absolute Gasteiger partial charge is 0.275 e. The van der Waals surface area contributed by atoms with E-state index in [1.807, 2.05) is 13.8 Å². The number of oxazole rings is 1. The number of carbonyl (C=O) groups is 1. The molecule has 2 N–H and O–H groups in total. The number of aromatic nitrogens is 1. The minimum Gasteiger partial charge on any atom is -0.448 e. The monoisotopic (exact) mass is 225 g/mol. The Labute approximate surface area is 95.6 Å². The van der Waals surface area contributed by atoms with Crippen molar-refractivity contribution in [3.8, 4) is 0 Å². The van der Waals surface area contributed by atoms with Crippen LogP contribution in [0.4, 0.5) is 0 Å². The average molecular weight is 225 g/mol. The van der Waals surface area contributed by atoms with E-state index in [0.29, 0.717) is 24.5 Å². The topological polar surface area (TPSA) is 72.4 Å². The minimum absolute atomic E-state index is 0.0952. The fraction of sp³-hybridized carbons (Fsp3) is 0.636. The number of hydrogen-bond donors (Lipinski definition) is 1. The van der Waals surface area contributed by atoms with Crippen LogP contribution in [-0.2, 0) is 0 Å². The zero-order chi connectivity index (χ0) is 12.3. The molecule has 1 rings (SSSR count). The summed E-state index contributed by atoms with van der Waals surface area (Å²) < 4.78 is 5.01. The maximum Gasteiger partial charge on any atom is 0.275 e. The number of aryl methyl sites for hydroxylation is 1. The zero-order valence-electron chi connectivity index (χ0n) is 10.3. The summed E-state index contributed by atoms with van der Waals surface area (Å²) in [6.07, 6.45) is 1.28. The SMILES string of the molecule is Cc1ocnc1C(=O)N(C)CC(C)(C)CN. The first-order valence-electron chi connectivity index (χ1n) is 5.23. The summed E-state index contributed by atoms with van der Waals surface area (Å²) >= 11 is 0. The van der Waals surface area contributed by atoms with Gasteiger partial charge in [-0.25, -0.2) is 4.98 Å². The van der Waals surface area contributed by atoms with Gasteiger partial charge in [0.25, 0.3) is 5.91 Å². The van der Waals surface area contributed by atoms with E-state index in [9.17, 15) is 4.79 Å². The summed E-state index contributed by atoms with van der Waals surface area (Å²) in [7, 11) is 1.74. The van der Waals surface area contributed by atoms with Gasteiger partial charge in [0.15, 0.2) is 12.1 Å². The summed E-state index contributed by atoms with van der Waals surface area (Å²) in [5.41, 5.74) is 5.91. The molecule has 5 heteroatoms. The van der Waals surface area contributed by atoms with Crippen molar-refractivity contribution in [3.63, 3.8) is 0 Å². The highest BCUT2D eigenvalue weighted by Crippen LogP contribution is 2.16. The lowest BCUT2D eigenvalue weighted by Gasteiger charge is -2.28. The molecule has 0 saturated carbocycles. The van der Waals surface area contributed by atoms with Crippen molar-refractivity contribution >= 4 is 5.91 Å². The van der Waals surface area contributed by atoms with Gasteiger partial charge in [0.1, 0.15) is 5.76 Å². The predicted molar refractivity (Wildman–Crippen MR) is 61.0 cm³/mol. The van der Waals surface area contributed by atoms with Crippen LogP contribution in [0.15, 0.2) is 10.8 Å². The molecule has 1 aromatic heterocycles. The van der Waals surface area contributed by atoms with Gasteiger partial charge in [-0.05, 0) is 18.9 Å². The predicted octanol–water partition coefficient (Wildman–Crippen LogP) is 1.04. The molecule has 1 amide bonds. The number of hydrogen-bond acceptors (Lipinski definition) is 4. The first kappa shape index (κ1) is 12.7. The molecule has 1 aromatic rings. The van der Waals surface area contributed by atoms with Crippen molar-refractivity contribution in [2.75, 3.05) is 20.1 Å². The molecule has 90 valence electrons. The van der Waals surface area contributed by atoms with Crippen LogP contribution < -0.4 is 5.73 Å². The second-order valence-electron chi connectivity index (χ2n) is 4.79. The van der Waals surface area contributed by atoms with E-state index in [4.69, 9.17) is 10.2 Å². The third-order valence-corrected chi connectivity index (χ3v) is 2.51. The summed E-state index contributed by atoms with van der Waals surface area (Å²) in [6.45, 7) is 6.89. The summed E-state index contributed by atoms with van der Waals surface area (Å²) in [6, 6.07) is 0. The molecular weight excluding hydrogens is 206 g/mol. The second-order valence-corrected chi connectivity index (χ2v) is 4.79. The van der Waals surface area contributed by atoms with Gasteiger partial charge in [0.2, 0.25) is 0 Å². The number of rotatable bonds is 4. The number of carbonyl (C=O) groups excluding carboxylic acids is 1. The van der Waals surface area contributed by atoms with Crippen LogP contribution >= 0.6 is 0 Å². The van der Waals surface area contributed by atoms with E-state index >= 15 is 0 Å². The molecule has 5 nitrogen and oxygen atoms in total. The Morgan fingerprint density at radius 1 is 1.62 bits per heavy atom. The van der Waals surface area contributed by atoms with Crippen molar-refractivity contribution in [1.82, 2.24) is 9.88 Å². The van der Waals surface area contributed by atoms with E-state index < -0.39 is 0 Å². The van der Waals surface area contributed by atoms with Crippen LogP contribution in [-0.4, -0.2) is 35.9 Å². The van der Waals surface area contributed by atoms with Crippen LogP contribution in [0.5, 0.6) is 0 Å². The number of amides is 1. The first-order chi connectivity index (χ1) is 7.37. The van der Waals surface area contributed by atoms with Crippen LogP contribution in [0, 0.1) is 12.3 Å². The van der Waals surface area contributed by atoms with Crippen molar-refractivity contribution in [1.29, 1.82) is 0 Å². The molecule has 0 bridgehead atoms. The molecule has 0 fully saturated rings. The van der Waals surface area contributed by atoms with Gasteiger partial charge in [-0.2, -0.15) is 0 Å². The second kappa shape index (κ2) is 4.65. The summed E-state index contributed by atoms with van der Waals surface area (Å²) in [5.74, 6) is 0.412. The Bertz CT molecular complexity index is 371. The zero-order valence-corrected chi connectivity index (χ0v) is 10.3. The van der Waals surface area contributed by atoms with Crippen LogP contribution in [0.1, 0.15) is 30.1 Å². The van der Waals surface area contributed by atoms with Crippen molar-refractivity contribution in [2.45, 2.75) is 20.8 Å². The molecule has 0 unspecified atom stereocenters. The molecule has 1 heterocycles. The fourth-order valence-corrected chi connectivity index (χ4v) is 1.47. The average Bonchev–Trinajstić information content (AvgIpc) is 2.62. The van der Waals surface area contributed by atoms with Crippen LogP contribution in [0.2, 0.25) is 0 Å². The molecular formula is C11H19N3O2. The van der Waals surface area contributed by atoms with Crippen molar-refractivity contribution in [2.24, 2.45) is 11.1 Å². The third-order valence-electron chi connectivity index (χ3n) is 2.51. The molecule has 0 aliphatic heterocycles. The van der Waals surface area contributed by atoms with Gasteiger partial charge in [-0.15, -0.1) is 0 Å². The van der Waals surface area contributed by atoms with E-state index in [-0.39, 0.29) is 11.3 Å². The number of nitrogens with zero attached hydrogens (tertiary/aromatic N) is 2. The van der Waals surface area contributed by atoms with Crippen LogP contribution in [0.25, 0.3) is 0 Å². The molecule has 0 aliphatic carbocycles. The molecule has 0 spiro atoms. The minimum atomic E-state index is -0.132. The van der Waals surface area contributed by atoms with Crippen LogP contribution in [0.3, 0.4) is 0 Å². The Kier molecular flexibility index (Phi) is 3.70. The lowest BCUT2D eigenvalue weighted by Crippen LogP contribution is -2.40. The lowest BCUT2D eigenvalue weighted by molar-refractivity contribution is 0.0733. The lowest BCUT2D eigenvalue weighted by atomic mass is 9.93. The highest BCUT2D eigenvalue weighted by atomic mass is 16.3. The van der Waals surface area contributed by atoms with E-state index in [0.717, 1.165) is 0 Å². The highest BCUT2D eigenvalue weighted by molar-refractivity contribution is 5.92. The maximum atomic E-state index is 12.0. The Morgan fingerprint density at radius 3 is 2.69 bits per heavy atom. The van der Waals surface area contributed by atoms with Gasteiger partial charge in [-0.1, -0.05) is 13.8 Å².